The summed E-state index contributed by atoms with van der Waals surface area (Å²) in [7, 11) is 0. The smallest absolute Gasteiger partial charge is 0.0814 e. The summed E-state index contributed by atoms with van der Waals surface area (Å²) in [5.41, 5.74) is 8.01. The normalized spacial score (nSPS) is 9.92. The number of nitrogens with two attached hydrogens (primary N) is 1. The van der Waals surface area contributed by atoms with Crippen LogP contribution in [0, 0.1) is 0 Å². The van der Waals surface area contributed by atoms with E-state index in [1.54, 1.807) is 0 Å². The van der Waals surface area contributed by atoms with Gasteiger partial charge in [-0.2, -0.15) is 0 Å². The van der Waals surface area contributed by atoms with Gasteiger partial charge >= 0.3 is 0 Å². The minimum Gasteiger partial charge on any atom is -0.361 e. The maximum absolute atomic E-state index is 5.50. The first-order valence-corrected chi connectivity index (χ1v) is 4.17. The molecule has 0 fully saturated rings. The molecule has 0 saturated carbocycles. The summed E-state index contributed by atoms with van der Waals surface area (Å²) in [5.74, 6) is 0. The Hall–Kier alpha value is -1.22. The van der Waals surface area contributed by atoms with E-state index in [2.05, 4.69) is 23.2 Å². The minimum atomic E-state index is 0. The largest absolute Gasteiger partial charge is 0.361 e. The van der Waals surface area contributed by atoms with E-state index < -0.39 is 0 Å². The van der Waals surface area contributed by atoms with Crippen molar-refractivity contribution in [3.05, 3.63) is 36.0 Å². The maximum atomic E-state index is 5.50. The van der Waals surface area contributed by atoms with Crippen LogP contribution in [0.25, 0.3) is 10.9 Å². The predicted octanol–water partition coefficient (Wildman–Crippen LogP) is 0.485. The van der Waals surface area contributed by atoms with Gasteiger partial charge in [0.1, 0.15) is 0 Å². The number of nitrogens with one attached hydrogen (secondary N) is 1. The Morgan fingerprint density at radius 3 is 2.77 bits per heavy atom. The van der Waals surface area contributed by atoms with Crippen LogP contribution in [-0.2, 0) is 6.42 Å². The van der Waals surface area contributed by atoms with Gasteiger partial charge < -0.3 is 10.7 Å². The van der Waals surface area contributed by atoms with Crippen LogP contribution in [0.15, 0.2) is 30.5 Å². The second kappa shape index (κ2) is 4.14. The quantitative estimate of drug-likeness (QED) is 0.639. The molecule has 68 valence electrons. The lowest BCUT2D eigenvalue weighted by Gasteiger charge is -1.93. The lowest BCUT2D eigenvalue weighted by molar-refractivity contribution is 0.976. The molecule has 2 nitrogen and oxygen atoms in total. The number of rotatable bonds is 2. The Morgan fingerprint density at radius 2 is 2.00 bits per heavy atom. The molecule has 0 radical (unpaired) electrons. The van der Waals surface area contributed by atoms with Crippen LogP contribution in [0.4, 0.5) is 0 Å². The summed E-state index contributed by atoms with van der Waals surface area (Å²) < 4.78 is 0. The summed E-state index contributed by atoms with van der Waals surface area (Å²) in [6, 6.07) is 8.29. The molecule has 2 rings (SSSR count). The van der Waals surface area contributed by atoms with Gasteiger partial charge in [0, 0.05) is 17.1 Å². The molecule has 3 heteroatoms. The molecule has 2 aromatic rings. The zero-order valence-electron chi connectivity index (χ0n) is 6.88. The van der Waals surface area contributed by atoms with Gasteiger partial charge in [-0.3, -0.25) is 0 Å². The standard InChI is InChI=1S/C10H12N2.BH3/c11-6-5-8-7-12-10-4-2-1-3-9(8)10;/h1-4,7,12H,5-6,11H2;1H3. The molecule has 0 aliphatic rings. The Kier molecular flexibility index (Phi) is 3.15. The number of benzene rings is 1. The van der Waals surface area contributed by atoms with Crippen molar-refractivity contribution in [1.82, 2.24) is 4.98 Å². The predicted molar refractivity (Wildman–Crippen MR) is 61.0 cm³/mol. The number of hydrogen-bond donors (Lipinski definition) is 2. The van der Waals surface area contributed by atoms with Crippen molar-refractivity contribution in [1.29, 1.82) is 0 Å². The number of para-hydroxylation sites is 1. The van der Waals surface area contributed by atoms with Crippen molar-refractivity contribution in [2.45, 2.75) is 6.42 Å². The average Bonchev–Trinajstić information content (AvgIpc) is 2.50. The van der Waals surface area contributed by atoms with E-state index in [4.69, 9.17) is 5.73 Å². The van der Waals surface area contributed by atoms with Gasteiger partial charge in [0.05, 0.1) is 8.41 Å². The second-order valence-corrected chi connectivity index (χ2v) is 2.90. The summed E-state index contributed by atoms with van der Waals surface area (Å²) in [6.07, 6.45) is 2.99. The third-order valence-electron chi connectivity index (χ3n) is 2.09. The summed E-state index contributed by atoms with van der Waals surface area (Å²) >= 11 is 0. The van der Waals surface area contributed by atoms with E-state index in [0.717, 1.165) is 6.42 Å². The van der Waals surface area contributed by atoms with E-state index in [1.165, 1.54) is 16.5 Å². The first kappa shape index (κ1) is 9.87. The highest BCUT2D eigenvalue weighted by atomic mass is 14.7. The van der Waals surface area contributed by atoms with E-state index in [9.17, 15) is 0 Å². The lowest BCUT2D eigenvalue weighted by atomic mass is 10.1. The van der Waals surface area contributed by atoms with Gasteiger partial charge in [0.2, 0.25) is 0 Å². The Labute approximate surface area is 79.7 Å². The molecule has 1 heterocycles. The second-order valence-electron chi connectivity index (χ2n) is 2.90. The summed E-state index contributed by atoms with van der Waals surface area (Å²) in [6.45, 7) is 0.710. The molecule has 1 aromatic heterocycles. The highest BCUT2D eigenvalue weighted by molar-refractivity contribution is 5.83. The van der Waals surface area contributed by atoms with Crippen LogP contribution in [0.2, 0.25) is 0 Å². The van der Waals surface area contributed by atoms with Gasteiger partial charge in [-0.05, 0) is 24.6 Å². The van der Waals surface area contributed by atoms with Crippen LogP contribution in [0.1, 0.15) is 5.56 Å². The number of hydrogen-bond acceptors (Lipinski definition) is 1. The van der Waals surface area contributed by atoms with E-state index in [-0.39, 0.29) is 8.41 Å². The molecule has 13 heavy (non-hydrogen) atoms. The van der Waals surface area contributed by atoms with Crippen molar-refractivity contribution in [2.24, 2.45) is 5.73 Å². The highest BCUT2D eigenvalue weighted by Crippen LogP contribution is 2.17. The molecule has 0 bridgehead atoms. The summed E-state index contributed by atoms with van der Waals surface area (Å²) in [5, 5.41) is 1.29. The van der Waals surface area contributed by atoms with Crippen molar-refractivity contribution in [3.63, 3.8) is 0 Å². The molecule has 1 aromatic carbocycles. The fourth-order valence-corrected chi connectivity index (χ4v) is 1.49. The van der Waals surface area contributed by atoms with Crippen LogP contribution >= 0.6 is 0 Å². The minimum absolute atomic E-state index is 0. The zero-order valence-corrected chi connectivity index (χ0v) is 6.88. The van der Waals surface area contributed by atoms with E-state index >= 15 is 0 Å². The zero-order chi connectivity index (χ0) is 8.39. The molecule has 0 amide bonds. The fourth-order valence-electron chi connectivity index (χ4n) is 1.49. The van der Waals surface area contributed by atoms with Crippen LogP contribution < -0.4 is 5.73 Å². The van der Waals surface area contributed by atoms with Crippen LogP contribution in [0.3, 0.4) is 0 Å². The van der Waals surface area contributed by atoms with Gasteiger partial charge in [0.15, 0.2) is 0 Å². The molecule has 0 aliphatic carbocycles. The topological polar surface area (TPSA) is 41.8 Å². The van der Waals surface area contributed by atoms with Gasteiger partial charge in [0.25, 0.3) is 0 Å². The molecule has 0 aliphatic heterocycles. The van der Waals surface area contributed by atoms with Gasteiger partial charge in [-0.1, -0.05) is 18.2 Å². The monoisotopic (exact) mass is 174 g/mol. The van der Waals surface area contributed by atoms with Gasteiger partial charge in [-0.15, -0.1) is 0 Å². The average molecular weight is 174 g/mol. The molecule has 0 atom stereocenters. The lowest BCUT2D eigenvalue weighted by Crippen LogP contribution is -2.01. The number of aromatic nitrogens is 1. The van der Waals surface area contributed by atoms with Crippen molar-refractivity contribution < 1.29 is 0 Å². The van der Waals surface area contributed by atoms with Gasteiger partial charge in [-0.25, -0.2) is 0 Å². The fraction of sp³-hybridized carbons (Fsp3) is 0.200. The highest BCUT2D eigenvalue weighted by Gasteiger charge is 1.99. The Morgan fingerprint density at radius 1 is 1.23 bits per heavy atom. The molecule has 3 N–H and O–H groups in total. The van der Waals surface area contributed by atoms with Crippen molar-refractivity contribution in [2.75, 3.05) is 6.54 Å². The number of aromatic amines is 1. The van der Waals surface area contributed by atoms with Crippen molar-refractivity contribution in [3.8, 4) is 0 Å². The van der Waals surface area contributed by atoms with Crippen LogP contribution in [-0.4, -0.2) is 19.9 Å². The van der Waals surface area contributed by atoms with E-state index in [0.29, 0.717) is 6.54 Å². The van der Waals surface area contributed by atoms with Crippen LogP contribution in [0.5, 0.6) is 0 Å². The SMILES string of the molecule is B.NCCc1c[nH]c2ccccc12. The number of H-pyrrole nitrogens is 1. The first-order valence-electron chi connectivity index (χ1n) is 4.17. The molecule has 0 unspecified atom stereocenters. The molecular formula is C10H15BN2. The van der Waals surface area contributed by atoms with E-state index in [1.807, 2.05) is 12.3 Å². The third-order valence-corrected chi connectivity index (χ3v) is 2.09. The molecule has 0 saturated heterocycles. The van der Waals surface area contributed by atoms with Crippen molar-refractivity contribution >= 4 is 19.3 Å². The third kappa shape index (κ3) is 1.75. The molecule has 0 spiro atoms. The number of fused-ring (bicyclic) bond motifs is 1. The Bertz CT molecular complexity index is 381. The first-order chi connectivity index (χ1) is 5.92. The molecular weight excluding hydrogens is 159 g/mol. The Balaban J connectivity index is 0.000000845. The summed E-state index contributed by atoms with van der Waals surface area (Å²) in [4.78, 5) is 3.22. The maximum Gasteiger partial charge on any atom is 0.0814 e.